The van der Waals surface area contributed by atoms with Crippen molar-refractivity contribution in [2.45, 2.75) is 13.0 Å². The molecule has 0 bridgehead atoms. The van der Waals surface area contributed by atoms with Crippen LogP contribution >= 0.6 is 11.6 Å². The number of hydrogen-bond acceptors (Lipinski definition) is 5. The van der Waals surface area contributed by atoms with Gasteiger partial charge in [-0.1, -0.05) is 11.6 Å². The first-order chi connectivity index (χ1) is 11.4. The van der Waals surface area contributed by atoms with Crippen LogP contribution in [0.2, 0.25) is 5.02 Å². The van der Waals surface area contributed by atoms with Gasteiger partial charge in [-0.3, -0.25) is 4.79 Å². The van der Waals surface area contributed by atoms with Crippen molar-refractivity contribution in [2.75, 3.05) is 24.3 Å². The Hall–Kier alpha value is -2.60. The van der Waals surface area contributed by atoms with Crippen LogP contribution in [0.25, 0.3) is 0 Å². The molecule has 0 fully saturated rings. The Morgan fingerprint density at radius 2 is 1.83 bits per heavy atom. The molecule has 0 aliphatic carbocycles. The second-order valence-corrected chi connectivity index (χ2v) is 5.78. The maximum absolute atomic E-state index is 12.1. The second-order valence-electron chi connectivity index (χ2n) is 5.34. The van der Waals surface area contributed by atoms with Gasteiger partial charge in [-0.2, -0.15) is 0 Å². The highest BCUT2D eigenvalue weighted by Crippen LogP contribution is 2.14. The number of nitrogens with one attached hydrogen (secondary N) is 1. The highest BCUT2D eigenvalue weighted by atomic mass is 35.5. The number of pyridine rings is 1. The summed E-state index contributed by atoms with van der Waals surface area (Å²) < 4.78 is 5.18. The van der Waals surface area contributed by atoms with E-state index >= 15 is 0 Å². The fourth-order valence-corrected chi connectivity index (χ4v) is 1.97. The van der Waals surface area contributed by atoms with Crippen molar-refractivity contribution >= 4 is 35.0 Å². The fraction of sp³-hybridized carbons (Fsp3) is 0.235. The molecule has 0 saturated carbocycles. The summed E-state index contributed by atoms with van der Waals surface area (Å²) in [7, 11) is 3.81. The zero-order chi connectivity index (χ0) is 17.7. The Labute approximate surface area is 145 Å². The molecule has 7 heteroatoms. The lowest BCUT2D eigenvalue weighted by Crippen LogP contribution is -2.30. The number of ether oxygens (including phenoxy) is 1. The van der Waals surface area contributed by atoms with Crippen LogP contribution in [0.1, 0.15) is 17.3 Å². The molecule has 24 heavy (non-hydrogen) atoms. The summed E-state index contributed by atoms with van der Waals surface area (Å²) in [6, 6.07) is 10.1. The van der Waals surface area contributed by atoms with E-state index < -0.39 is 18.0 Å². The van der Waals surface area contributed by atoms with Gasteiger partial charge in [-0.15, -0.1) is 0 Å². The lowest BCUT2D eigenvalue weighted by atomic mass is 10.2. The van der Waals surface area contributed by atoms with E-state index in [0.29, 0.717) is 16.4 Å². The van der Waals surface area contributed by atoms with Gasteiger partial charge in [0.1, 0.15) is 5.82 Å². The molecule has 0 spiro atoms. The maximum Gasteiger partial charge on any atom is 0.338 e. The van der Waals surface area contributed by atoms with E-state index in [-0.39, 0.29) is 0 Å². The summed E-state index contributed by atoms with van der Waals surface area (Å²) in [6.45, 7) is 1.50. The van der Waals surface area contributed by atoms with Crippen molar-refractivity contribution in [3.05, 3.63) is 53.2 Å². The highest BCUT2D eigenvalue weighted by Gasteiger charge is 2.19. The third-order valence-corrected chi connectivity index (χ3v) is 3.47. The van der Waals surface area contributed by atoms with Crippen molar-refractivity contribution < 1.29 is 14.3 Å². The minimum absolute atomic E-state index is 0.336. The smallest absolute Gasteiger partial charge is 0.338 e. The minimum atomic E-state index is -0.955. The third kappa shape index (κ3) is 4.70. The summed E-state index contributed by atoms with van der Waals surface area (Å²) in [5.41, 5.74) is 1.34. The number of rotatable bonds is 5. The van der Waals surface area contributed by atoms with E-state index in [1.54, 1.807) is 36.4 Å². The minimum Gasteiger partial charge on any atom is -0.449 e. The van der Waals surface area contributed by atoms with Gasteiger partial charge in [0.2, 0.25) is 0 Å². The van der Waals surface area contributed by atoms with Crippen LogP contribution < -0.4 is 10.2 Å². The first kappa shape index (κ1) is 17.7. The number of carbonyl (C=O) groups is 2. The number of esters is 1. The van der Waals surface area contributed by atoms with Crippen LogP contribution in [-0.2, 0) is 9.53 Å². The number of carbonyl (C=O) groups excluding carboxylic acids is 2. The van der Waals surface area contributed by atoms with Gasteiger partial charge < -0.3 is 15.0 Å². The largest absolute Gasteiger partial charge is 0.449 e. The van der Waals surface area contributed by atoms with Crippen LogP contribution in [0, 0.1) is 0 Å². The molecule has 1 unspecified atom stereocenters. The average molecular weight is 348 g/mol. The third-order valence-electron chi connectivity index (χ3n) is 3.25. The zero-order valence-electron chi connectivity index (χ0n) is 13.6. The van der Waals surface area contributed by atoms with Crippen LogP contribution in [-0.4, -0.2) is 37.1 Å². The number of anilines is 2. The average Bonchev–Trinajstić information content (AvgIpc) is 2.56. The Bertz CT molecular complexity index is 715. The molecule has 1 atom stereocenters. The molecule has 6 nitrogen and oxygen atoms in total. The van der Waals surface area contributed by atoms with Gasteiger partial charge in [0.25, 0.3) is 5.91 Å². The van der Waals surface area contributed by atoms with E-state index in [1.807, 2.05) is 19.0 Å². The van der Waals surface area contributed by atoms with Gasteiger partial charge in [0.15, 0.2) is 6.10 Å². The first-order valence-electron chi connectivity index (χ1n) is 7.27. The van der Waals surface area contributed by atoms with E-state index in [9.17, 15) is 9.59 Å². The molecule has 1 aromatic heterocycles. The molecule has 1 heterocycles. The van der Waals surface area contributed by atoms with Gasteiger partial charge >= 0.3 is 5.97 Å². The van der Waals surface area contributed by atoms with Crippen LogP contribution in [0.4, 0.5) is 11.5 Å². The zero-order valence-corrected chi connectivity index (χ0v) is 14.4. The Balaban J connectivity index is 1.94. The monoisotopic (exact) mass is 347 g/mol. The molecule has 2 rings (SSSR count). The van der Waals surface area contributed by atoms with Crippen molar-refractivity contribution in [1.82, 2.24) is 4.98 Å². The normalized spacial score (nSPS) is 11.5. The number of amides is 1. The molecule has 1 amide bonds. The lowest BCUT2D eigenvalue weighted by molar-refractivity contribution is -0.123. The SMILES string of the molecule is CC(OC(=O)c1ccc(N(C)C)cc1)C(=O)Nc1ccc(Cl)cn1. The highest BCUT2D eigenvalue weighted by molar-refractivity contribution is 6.30. The van der Waals surface area contributed by atoms with E-state index in [0.717, 1.165) is 5.69 Å². The summed E-state index contributed by atoms with van der Waals surface area (Å²) in [6.07, 6.45) is 0.462. The predicted molar refractivity (Wildman–Crippen MR) is 93.5 cm³/mol. The standard InChI is InChI=1S/C17H18ClN3O3/c1-11(16(22)20-15-9-6-13(18)10-19-15)24-17(23)12-4-7-14(8-5-12)21(2)3/h4-11H,1-3H3,(H,19,20,22). The lowest BCUT2D eigenvalue weighted by Gasteiger charge is -2.14. The molecule has 0 radical (unpaired) electrons. The molecular weight excluding hydrogens is 330 g/mol. The Kier molecular flexibility index (Phi) is 5.76. The molecule has 1 aromatic carbocycles. The van der Waals surface area contributed by atoms with Gasteiger partial charge in [-0.05, 0) is 43.3 Å². The quantitative estimate of drug-likeness (QED) is 0.842. The molecule has 0 saturated heterocycles. The summed E-state index contributed by atoms with van der Waals surface area (Å²) in [5.74, 6) is -0.697. The van der Waals surface area contributed by atoms with Gasteiger partial charge in [-0.25, -0.2) is 9.78 Å². The van der Waals surface area contributed by atoms with Crippen molar-refractivity contribution in [3.63, 3.8) is 0 Å². The second kappa shape index (κ2) is 7.79. The predicted octanol–water partition coefficient (Wildman–Crippen LogP) is 2.99. The molecule has 1 N–H and O–H groups in total. The number of benzene rings is 1. The van der Waals surface area contributed by atoms with E-state index in [1.165, 1.54) is 13.1 Å². The van der Waals surface area contributed by atoms with Crippen molar-refractivity contribution in [2.24, 2.45) is 0 Å². The maximum atomic E-state index is 12.1. The fourth-order valence-electron chi connectivity index (χ4n) is 1.86. The summed E-state index contributed by atoms with van der Waals surface area (Å²) in [4.78, 5) is 30.0. The number of hydrogen-bond donors (Lipinski definition) is 1. The summed E-state index contributed by atoms with van der Waals surface area (Å²) in [5, 5.41) is 3.02. The molecule has 0 aliphatic heterocycles. The van der Waals surface area contributed by atoms with Crippen LogP contribution in [0.3, 0.4) is 0 Å². The van der Waals surface area contributed by atoms with Crippen molar-refractivity contribution in [3.8, 4) is 0 Å². The molecule has 2 aromatic rings. The molecular formula is C17H18ClN3O3. The topological polar surface area (TPSA) is 71.5 Å². The van der Waals surface area contributed by atoms with E-state index in [2.05, 4.69) is 10.3 Å². The number of nitrogens with zero attached hydrogens (tertiary/aromatic N) is 2. The first-order valence-corrected chi connectivity index (χ1v) is 7.65. The number of halogens is 1. The van der Waals surface area contributed by atoms with Crippen LogP contribution in [0.5, 0.6) is 0 Å². The molecule has 0 aliphatic rings. The van der Waals surface area contributed by atoms with Crippen LogP contribution in [0.15, 0.2) is 42.6 Å². The van der Waals surface area contributed by atoms with Gasteiger partial charge in [0, 0.05) is 26.0 Å². The Morgan fingerprint density at radius 1 is 1.17 bits per heavy atom. The van der Waals surface area contributed by atoms with Gasteiger partial charge in [0.05, 0.1) is 10.6 Å². The number of aromatic nitrogens is 1. The Morgan fingerprint density at radius 3 is 2.38 bits per heavy atom. The summed E-state index contributed by atoms with van der Waals surface area (Å²) >= 11 is 5.73. The molecule has 126 valence electrons. The van der Waals surface area contributed by atoms with E-state index in [4.69, 9.17) is 16.3 Å². The van der Waals surface area contributed by atoms with Crippen molar-refractivity contribution in [1.29, 1.82) is 0 Å².